The fourth-order valence-corrected chi connectivity index (χ4v) is 2.11. The number of thioether (sulfide) groups is 1. The van der Waals surface area contributed by atoms with Crippen LogP contribution < -0.4 is 15.4 Å². The van der Waals surface area contributed by atoms with Crippen molar-refractivity contribution in [1.82, 2.24) is 10.6 Å². The Morgan fingerprint density at radius 1 is 1.36 bits per heavy atom. The van der Waals surface area contributed by atoms with E-state index in [1.54, 1.807) is 11.8 Å². The van der Waals surface area contributed by atoms with Crippen LogP contribution in [0.4, 0.5) is 0 Å². The van der Waals surface area contributed by atoms with Gasteiger partial charge in [-0.3, -0.25) is 0 Å². The molecule has 1 rings (SSSR count). The number of nitrogens with zero attached hydrogens (tertiary/aromatic N) is 1. The highest BCUT2D eigenvalue weighted by molar-refractivity contribution is 14.0. The molecule has 0 aliphatic carbocycles. The van der Waals surface area contributed by atoms with Crippen LogP contribution in [0.15, 0.2) is 29.3 Å². The fraction of sp³-hybridized carbons (Fsp3) is 0.533. The minimum atomic E-state index is -0.0408. The molecule has 0 saturated carbocycles. The molecule has 1 atom stereocenters. The normalized spacial score (nSPS) is 12.3. The van der Waals surface area contributed by atoms with Crippen molar-refractivity contribution in [2.45, 2.75) is 20.0 Å². The molecule has 4 nitrogen and oxygen atoms in total. The summed E-state index contributed by atoms with van der Waals surface area (Å²) in [6.07, 6.45) is 2.05. The van der Waals surface area contributed by atoms with E-state index in [-0.39, 0.29) is 30.1 Å². The second kappa shape index (κ2) is 13.1. The van der Waals surface area contributed by atoms with Gasteiger partial charge in [0.05, 0.1) is 11.6 Å². The van der Waals surface area contributed by atoms with Crippen LogP contribution in [0.5, 0.6) is 5.75 Å². The van der Waals surface area contributed by atoms with E-state index in [9.17, 15) is 0 Å². The number of ether oxygens (including phenoxy) is 1. The van der Waals surface area contributed by atoms with Crippen molar-refractivity contribution in [3.05, 3.63) is 29.3 Å². The molecule has 0 amide bonds. The number of rotatable bonds is 8. The van der Waals surface area contributed by atoms with E-state index in [2.05, 4.69) is 28.8 Å². The van der Waals surface area contributed by atoms with E-state index >= 15 is 0 Å². The minimum Gasteiger partial charge on any atom is -0.487 e. The Morgan fingerprint density at radius 3 is 2.73 bits per heavy atom. The maximum atomic E-state index is 6.08. The maximum Gasteiger partial charge on any atom is 0.191 e. The first-order valence-electron chi connectivity index (χ1n) is 7.09. The van der Waals surface area contributed by atoms with Crippen molar-refractivity contribution in [2.24, 2.45) is 4.99 Å². The molecule has 0 radical (unpaired) electrons. The highest BCUT2D eigenvalue weighted by Gasteiger charge is 2.07. The highest BCUT2D eigenvalue weighted by Crippen LogP contribution is 2.24. The van der Waals surface area contributed by atoms with Crippen molar-refractivity contribution in [2.75, 3.05) is 31.6 Å². The Balaban J connectivity index is 0.00000441. The van der Waals surface area contributed by atoms with Crippen molar-refractivity contribution in [1.29, 1.82) is 0 Å². The van der Waals surface area contributed by atoms with Crippen LogP contribution in [-0.2, 0) is 0 Å². The molecule has 0 aromatic heterocycles. The Kier molecular flexibility index (Phi) is 12.9. The van der Waals surface area contributed by atoms with Gasteiger partial charge in [0.25, 0.3) is 0 Å². The van der Waals surface area contributed by atoms with Crippen molar-refractivity contribution in [3.8, 4) is 5.75 Å². The van der Waals surface area contributed by atoms with Crippen LogP contribution in [0.2, 0.25) is 5.02 Å². The van der Waals surface area contributed by atoms with Gasteiger partial charge in [0.1, 0.15) is 11.9 Å². The quantitative estimate of drug-likeness (QED) is 0.271. The smallest absolute Gasteiger partial charge is 0.191 e. The lowest BCUT2D eigenvalue weighted by atomic mass is 10.3. The highest BCUT2D eigenvalue weighted by atomic mass is 127. The molecule has 1 unspecified atom stereocenters. The molecule has 1 aromatic rings. The van der Waals surface area contributed by atoms with Crippen molar-refractivity contribution >= 4 is 53.3 Å². The summed E-state index contributed by atoms with van der Waals surface area (Å²) in [6, 6.07) is 7.48. The Morgan fingerprint density at radius 2 is 2.09 bits per heavy atom. The summed E-state index contributed by atoms with van der Waals surface area (Å²) in [7, 11) is 0. The Labute approximate surface area is 159 Å². The van der Waals surface area contributed by atoms with Crippen LogP contribution in [-0.4, -0.2) is 43.7 Å². The third-order valence-corrected chi connectivity index (χ3v) is 3.54. The number of hydrogen-bond acceptors (Lipinski definition) is 3. The first kappa shape index (κ1) is 21.7. The van der Waals surface area contributed by atoms with Crippen LogP contribution in [0.3, 0.4) is 0 Å². The molecule has 2 N–H and O–H groups in total. The van der Waals surface area contributed by atoms with E-state index < -0.39 is 0 Å². The largest absolute Gasteiger partial charge is 0.487 e. The van der Waals surface area contributed by atoms with Gasteiger partial charge in [-0.2, -0.15) is 11.8 Å². The van der Waals surface area contributed by atoms with Crippen molar-refractivity contribution in [3.63, 3.8) is 0 Å². The monoisotopic (exact) mass is 457 g/mol. The summed E-state index contributed by atoms with van der Waals surface area (Å²) in [5.41, 5.74) is 0. The molecule has 7 heteroatoms. The van der Waals surface area contributed by atoms with E-state index in [4.69, 9.17) is 16.3 Å². The second-order valence-electron chi connectivity index (χ2n) is 4.50. The summed E-state index contributed by atoms with van der Waals surface area (Å²) < 4.78 is 5.80. The Hall–Kier alpha value is -0.340. The first-order chi connectivity index (χ1) is 10.2. The number of hydrogen-bond donors (Lipinski definition) is 2. The lowest BCUT2D eigenvalue weighted by Gasteiger charge is -2.15. The van der Waals surface area contributed by atoms with Gasteiger partial charge < -0.3 is 15.4 Å². The second-order valence-corrected chi connectivity index (χ2v) is 5.89. The van der Waals surface area contributed by atoms with Gasteiger partial charge in [0.2, 0.25) is 0 Å². The zero-order chi connectivity index (χ0) is 15.5. The van der Waals surface area contributed by atoms with E-state index in [1.165, 1.54) is 0 Å². The lowest BCUT2D eigenvalue weighted by Crippen LogP contribution is -2.39. The number of halogens is 2. The van der Waals surface area contributed by atoms with E-state index in [1.807, 2.05) is 31.2 Å². The number of benzene rings is 1. The molecule has 0 fully saturated rings. The van der Waals surface area contributed by atoms with E-state index in [0.717, 1.165) is 24.8 Å². The summed E-state index contributed by atoms with van der Waals surface area (Å²) in [4.78, 5) is 4.53. The van der Waals surface area contributed by atoms with Gasteiger partial charge >= 0.3 is 0 Å². The summed E-state index contributed by atoms with van der Waals surface area (Å²) >= 11 is 7.88. The molecular formula is C15H25ClIN3OS. The average Bonchev–Trinajstić information content (AvgIpc) is 2.47. The third-order valence-electron chi connectivity index (χ3n) is 2.61. The number of para-hydroxylation sites is 1. The molecule has 0 aliphatic heterocycles. The number of guanidine groups is 1. The van der Waals surface area contributed by atoms with Crippen LogP contribution in [0, 0.1) is 0 Å². The summed E-state index contributed by atoms with van der Waals surface area (Å²) in [5.74, 6) is 2.57. The molecule has 126 valence electrons. The SMILES string of the molecule is CCNC(=NCC(C)Oc1ccccc1Cl)NCCSC.I. The molecule has 22 heavy (non-hydrogen) atoms. The maximum absolute atomic E-state index is 6.08. The minimum absolute atomic E-state index is 0. The van der Waals surface area contributed by atoms with Gasteiger partial charge in [0.15, 0.2) is 5.96 Å². The van der Waals surface area contributed by atoms with Gasteiger partial charge in [-0.25, -0.2) is 4.99 Å². The zero-order valence-electron chi connectivity index (χ0n) is 13.3. The van der Waals surface area contributed by atoms with Crippen LogP contribution in [0.25, 0.3) is 0 Å². The lowest BCUT2D eigenvalue weighted by molar-refractivity contribution is 0.230. The molecule has 0 spiro atoms. The van der Waals surface area contributed by atoms with Gasteiger partial charge in [-0.05, 0) is 32.2 Å². The topological polar surface area (TPSA) is 45.7 Å². The van der Waals surface area contributed by atoms with Gasteiger partial charge in [-0.15, -0.1) is 24.0 Å². The summed E-state index contributed by atoms with van der Waals surface area (Å²) in [5, 5.41) is 7.13. The third kappa shape index (κ3) is 8.95. The summed E-state index contributed by atoms with van der Waals surface area (Å²) in [6.45, 7) is 6.34. The molecule has 0 heterocycles. The van der Waals surface area contributed by atoms with Crippen molar-refractivity contribution < 1.29 is 4.74 Å². The molecular weight excluding hydrogens is 433 g/mol. The van der Waals surface area contributed by atoms with Crippen LogP contribution in [0.1, 0.15) is 13.8 Å². The zero-order valence-corrected chi connectivity index (χ0v) is 17.2. The predicted molar refractivity (Wildman–Crippen MR) is 109 cm³/mol. The average molecular weight is 458 g/mol. The van der Waals surface area contributed by atoms with E-state index in [0.29, 0.717) is 17.3 Å². The number of nitrogens with one attached hydrogen (secondary N) is 2. The van der Waals surface area contributed by atoms with Crippen LogP contribution >= 0.6 is 47.3 Å². The first-order valence-corrected chi connectivity index (χ1v) is 8.86. The standard InChI is InChI=1S/C15H24ClN3OS.HI/c1-4-17-15(18-9-10-21-3)19-11-12(2)20-14-8-6-5-7-13(14)16;/h5-8,12H,4,9-11H2,1-3H3,(H2,17,18,19);1H. The van der Waals surface area contributed by atoms with Gasteiger partial charge in [0, 0.05) is 18.8 Å². The molecule has 0 bridgehead atoms. The number of aliphatic imine (C=N–C) groups is 1. The molecule has 0 aliphatic rings. The molecule has 0 saturated heterocycles. The molecule has 1 aromatic carbocycles. The predicted octanol–water partition coefficient (Wildman–Crippen LogP) is 3.64. The van der Waals surface area contributed by atoms with Gasteiger partial charge in [-0.1, -0.05) is 23.7 Å². The fourth-order valence-electron chi connectivity index (χ4n) is 1.63. The Bertz CT molecular complexity index is 449.